The molecule has 2 amide bonds. The highest BCUT2D eigenvalue weighted by Gasteiger charge is 2.35. The first kappa shape index (κ1) is 17.3. The van der Waals surface area contributed by atoms with Gasteiger partial charge >= 0.3 is 0 Å². The van der Waals surface area contributed by atoms with E-state index in [-0.39, 0.29) is 29.8 Å². The van der Waals surface area contributed by atoms with Crippen molar-refractivity contribution in [3.05, 3.63) is 23.8 Å². The molecule has 126 valence electrons. The Morgan fingerprint density at radius 2 is 2.26 bits per heavy atom. The van der Waals surface area contributed by atoms with Crippen LogP contribution in [-0.2, 0) is 9.53 Å². The Labute approximate surface area is 136 Å². The van der Waals surface area contributed by atoms with Crippen molar-refractivity contribution in [2.75, 3.05) is 20.7 Å². The summed E-state index contributed by atoms with van der Waals surface area (Å²) in [7, 11) is 3.26. The average Bonchev–Trinajstić information content (AvgIpc) is 2.58. The quantitative estimate of drug-likeness (QED) is 0.872. The van der Waals surface area contributed by atoms with E-state index in [1.165, 1.54) is 0 Å². The van der Waals surface area contributed by atoms with E-state index < -0.39 is 0 Å². The Morgan fingerprint density at radius 3 is 2.91 bits per heavy atom. The van der Waals surface area contributed by atoms with Gasteiger partial charge in [0.15, 0.2) is 0 Å². The first-order valence-corrected chi connectivity index (χ1v) is 7.90. The molecule has 1 aliphatic rings. The van der Waals surface area contributed by atoms with Gasteiger partial charge in [0.25, 0.3) is 5.91 Å². The molecule has 0 bridgehead atoms. The second-order valence-corrected chi connectivity index (χ2v) is 5.72. The molecule has 1 saturated heterocycles. The van der Waals surface area contributed by atoms with Gasteiger partial charge in [-0.3, -0.25) is 9.59 Å². The van der Waals surface area contributed by atoms with Crippen LogP contribution in [0.2, 0.25) is 0 Å². The van der Waals surface area contributed by atoms with Gasteiger partial charge in [-0.1, -0.05) is 0 Å². The summed E-state index contributed by atoms with van der Waals surface area (Å²) < 4.78 is 5.54. The van der Waals surface area contributed by atoms with Gasteiger partial charge < -0.3 is 15.0 Å². The molecule has 0 aromatic carbocycles. The lowest BCUT2D eigenvalue weighted by Crippen LogP contribution is -2.52. The molecule has 2 rings (SSSR count). The molecule has 2 atom stereocenters. The third-order valence-electron chi connectivity index (χ3n) is 4.21. The lowest BCUT2D eigenvalue weighted by atomic mass is 9.94. The van der Waals surface area contributed by atoms with Gasteiger partial charge in [0.05, 0.1) is 12.1 Å². The summed E-state index contributed by atoms with van der Waals surface area (Å²) in [5.41, 5.74) is 0.755. The Bertz CT molecular complexity index is 564. The molecule has 1 N–H and O–H groups in total. The number of nitrogens with one attached hydrogen (secondary N) is 1. The SMILES string of the molecule is CNC(=O)CC[C@H]1[C@@H](OC)CCCN1C(=O)c1nccc(C)n1. The summed E-state index contributed by atoms with van der Waals surface area (Å²) in [6.07, 6.45) is 4.20. The van der Waals surface area contributed by atoms with Gasteiger partial charge in [-0.15, -0.1) is 0 Å². The second-order valence-electron chi connectivity index (χ2n) is 5.72. The minimum Gasteiger partial charge on any atom is -0.379 e. The van der Waals surface area contributed by atoms with E-state index >= 15 is 0 Å². The predicted molar refractivity (Wildman–Crippen MR) is 84.9 cm³/mol. The lowest BCUT2D eigenvalue weighted by Gasteiger charge is -2.40. The van der Waals surface area contributed by atoms with Crippen LogP contribution in [0.5, 0.6) is 0 Å². The monoisotopic (exact) mass is 320 g/mol. The molecule has 7 heteroatoms. The minimum atomic E-state index is -0.197. The zero-order valence-electron chi connectivity index (χ0n) is 13.9. The first-order chi connectivity index (χ1) is 11.1. The number of carbonyl (C=O) groups excluding carboxylic acids is 2. The van der Waals surface area contributed by atoms with E-state index in [1.54, 1.807) is 31.3 Å². The standard InChI is InChI=1S/C16H24N4O3/c1-11-8-9-18-15(19-11)16(22)20-10-4-5-13(23-3)12(20)6-7-14(21)17-2/h8-9,12-13H,4-7,10H2,1-3H3,(H,17,21)/t12-,13-/m0/s1. The van der Waals surface area contributed by atoms with Crippen LogP contribution in [0.3, 0.4) is 0 Å². The molecular formula is C16H24N4O3. The second kappa shape index (κ2) is 8.01. The van der Waals surface area contributed by atoms with Crippen molar-refractivity contribution in [2.45, 2.75) is 44.8 Å². The van der Waals surface area contributed by atoms with Crippen LogP contribution in [0.1, 0.15) is 42.0 Å². The van der Waals surface area contributed by atoms with Crippen molar-refractivity contribution < 1.29 is 14.3 Å². The van der Waals surface area contributed by atoms with Gasteiger partial charge in [-0.2, -0.15) is 0 Å². The van der Waals surface area contributed by atoms with Gasteiger partial charge in [0.1, 0.15) is 0 Å². The number of hydrogen-bond donors (Lipinski definition) is 1. The molecule has 23 heavy (non-hydrogen) atoms. The van der Waals surface area contributed by atoms with Gasteiger partial charge in [-0.05, 0) is 32.3 Å². The van der Waals surface area contributed by atoms with E-state index in [9.17, 15) is 9.59 Å². The van der Waals surface area contributed by atoms with Crippen molar-refractivity contribution in [3.63, 3.8) is 0 Å². The van der Waals surface area contributed by atoms with E-state index in [0.717, 1.165) is 18.5 Å². The van der Waals surface area contributed by atoms with Crippen LogP contribution < -0.4 is 5.32 Å². The van der Waals surface area contributed by atoms with E-state index in [0.29, 0.717) is 19.4 Å². The Hall–Kier alpha value is -2.02. The van der Waals surface area contributed by atoms with Crippen molar-refractivity contribution in [1.29, 1.82) is 0 Å². The number of hydrogen-bond acceptors (Lipinski definition) is 5. The number of rotatable bonds is 5. The largest absolute Gasteiger partial charge is 0.379 e. The highest BCUT2D eigenvalue weighted by atomic mass is 16.5. The van der Waals surface area contributed by atoms with E-state index in [1.807, 2.05) is 6.92 Å². The molecule has 1 aromatic rings. The number of carbonyl (C=O) groups is 2. The first-order valence-electron chi connectivity index (χ1n) is 7.90. The van der Waals surface area contributed by atoms with Crippen LogP contribution in [0.4, 0.5) is 0 Å². The number of aromatic nitrogens is 2. The van der Waals surface area contributed by atoms with E-state index in [4.69, 9.17) is 4.74 Å². The molecule has 1 aliphatic heterocycles. The van der Waals surface area contributed by atoms with Crippen LogP contribution in [-0.4, -0.2) is 59.5 Å². The lowest BCUT2D eigenvalue weighted by molar-refractivity contribution is -0.121. The van der Waals surface area contributed by atoms with Crippen molar-refractivity contribution in [3.8, 4) is 0 Å². The molecule has 1 aromatic heterocycles. The molecule has 7 nitrogen and oxygen atoms in total. The van der Waals surface area contributed by atoms with Crippen LogP contribution in [0.25, 0.3) is 0 Å². The molecule has 0 aliphatic carbocycles. The molecule has 0 unspecified atom stereocenters. The highest BCUT2D eigenvalue weighted by molar-refractivity contribution is 5.90. The molecular weight excluding hydrogens is 296 g/mol. The molecule has 0 spiro atoms. The van der Waals surface area contributed by atoms with Gasteiger partial charge in [0.2, 0.25) is 11.7 Å². The molecule has 0 radical (unpaired) electrons. The zero-order valence-corrected chi connectivity index (χ0v) is 13.9. The number of nitrogens with zero attached hydrogens (tertiary/aromatic N) is 3. The number of likely N-dealkylation sites (tertiary alicyclic amines) is 1. The van der Waals surface area contributed by atoms with E-state index in [2.05, 4.69) is 15.3 Å². The topological polar surface area (TPSA) is 84.4 Å². The van der Waals surface area contributed by atoms with Gasteiger partial charge in [0, 0.05) is 39.0 Å². The fourth-order valence-electron chi connectivity index (χ4n) is 2.97. The third-order valence-corrected chi connectivity index (χ3v) is 4.21. The Balaban J connectivity index is 2.18. The number of piperidine rings is 1. The van der Waals surface area contributed by atoms with Crippen LogP contribution in [0, 0.1) is 6.92 Å². The molecule has 0 saturated carbocycles. The Kier molecular flexibility index (Phi) is 6.04. The smallest absolute Gasteiger partial charge is 0.292 e. The average molecular weight is 320 g/mol. The number of ether oxygens (including phenoxy) is 1. The zero-order chi connectivity index (χ0) is 16.8. The molecule has 1 fully saturated rings. The normalized spacial score (nSPS) is 21.1. The number of methoxy groups -OCH3 is 1. The van der Waals surface area contributed by atoms with Crippen molar-refractivity contribution >= 4 is 11.8 Å². The fourth-order valence-corrected chi connectivity index (χ4v) is 2.97. The fraction of sp³-hybridized carbons (Fsp3) is 0.625. The van der Waals surface area contributed by atoms with Crippen molar-refractivity contribution in [1.82, 2.24) is 20.2 Å². The number of aryl methyl sites for hydroxylation is 1. The maximum atomic E-state index is 12.8. The molecule has 2 heterocycles. The summed E-state index contributed by atoms with van der Waals surface area (Å²) >= 11 is 0. The Morgan fingerprint density at radius 1 is 1.48 bits per heavy atom. The van der Waals surface area contributed by atoms with Crippen LogP contribution in [0.15, 0.2) is 12.3 Å². The number of amides is 2. The highest BCUT2D eigenvalue weighted by Crippen LogP contribution is 2.25. The minimum absolute atomic E-state index is 0.0374. The van der Waals surface area contributed by atoms with Crippen molar-refractivity contribution in [2.24, 2.45) is 0 Å². The summed E-state index contributed by atoms with van der Waals surface area (Å²) in [4.78, 5) is 34.4. The summed E-state index contributed by atoms with van der Waals surface area (Å²) in [5.74, 6) is -0.0336. The third kappa shape index (κ3) is 4.25. The summed E-state index contributed by atoms with van der Waals surface area (Å²) in [6.45, 7) is 2.46. The predicted octanol–water partition coefficient (Wildman–Crippen LogP) is 0.931. The van der Waals surface area contributed by atoms with Gasteiger partial charge in [-0.25, -0.2) is 9.97 Å². The van der Waals surface area contributed by atoms with Crippen LogP contribution >= 0.6 is 0 Å². The summed E-state index contributed by atoms with van der Waals surface area (Å²) in [5, 5.41) is 2.61. The summed E-state index contributed by atoms with van der Waals surface area (Å²) in [6, 6.07) is 1.62. The maximum Gasteiger partial charge on any atom is 0.292 e. The maximum absolute atomic E-state index is 12.8.